The van der Waals surface area contributed by atoms with Crippen molar-refractivity contribution in [1.29, 1.82) is 0 Å². The summed E-state index contributed by atoms with van der Waals surface area (Å²) < 4.78 is 26.5. The van der Waals surface area contributed by atoms with Crippen molar-refractivity contribution in [2.75, 3.05) is 33.9 Å². The first-order valence-corrected chi connectivity index (χ1v) is 14.2. The van der Waals surface area contributed by atoms with Crippen LogP contribution in [0.2, 0.25) is 0 Å². The standard InChI is InChI=1S/C24H48N2O5S/c1-26(2,3)23(24(27)28)25-21-19-17-15-13-11-9-7-5-6-8-10-12-14-16-18-20-22-31-32(4,29)30/h20,22-23,25H,5-19,21H2,1-4H3/p+1. The quantitative estimate of drug-likeness (QED) is 0.0746. The molecule has 0 aliphatic heterocycles. The van der Waals surface area contributed by atoms with E-state index in [1.165, 1.54) is 76.9 Å². The summed E-state index contributed by atoms with van der Waals surface area (Å²) in [6.07, 6.45) is 21.9. The molecule has 7 nitrogen and oxygen atoms in total. The van der Waals surface area contributed by atoms with Crippen molar-refractivity contribution < 1.29 is 27.0 Å². The van der Waals surface area contributed by atoms with E-state index in [0.29, 0.717) is 4.48 Å². The van der Waals surface area contributed by atoms with E-state index in [-0.39, 0.29) is 0 Å². The number of nitrogens with one attached hydrogen (secondary N) is 1. The zero-order chi connectivity index (χ0) is 24.3. The molecule has 0 saturated carbocycles. The summed E-state index contributed by atoms with van der Waals surface area (Å²) in [7, 11) is 2.33. The molecule has 8 heteroatoms. The molecule has 0 rings (SSSR count). The van der Waals surface area contributed by atoms with E-state index in [9.17, 15) is 18.3 Å². The van der Waals surface area contributed by atoms with E-state index in [1.807, 2.05) is 21.1 Å². The molecule has 0 fully saturated rings. The second-order valence-corrected chi connectivity index (χ2v) is 11.3. The monoisotopic (exact) mass is 477 g/mol. The molecular weight excluding hydrogens is 428 g/mol. The van der Waals surface area contributed by atoms with Crippen LogP contribution < -0.4 is 5.32 Å². The van der Waals surface area contributed by atoms with Crippen LogP contribution >= 0.6 is 0 Å². The van der Waals surface area contributed by atoms with Crippen molar-refractivity contribution in [3.63, 3.8) is 0 Å². The number of allylic oxidation sites excluding steroid dienone is 1. The highest BCUT2D eigenvalue weighted by atomic mass is 32.2. The van der Waals surface area contributed by atoms with Gasteiger partial charge in [0.2, 0.25) is 6.17 Å². The Kier molecular flexibility index (Phi) is 17.7. The number of likely N-dealkylation sites (N-methyl/N-ethyl adjacent to an activating group) is 1. The molecule has 0 radical (unpaired) electrons. The molecule has 0 bridgehead atoms. The predicted octanol–water partition coefficient (Wildman–Crippen LogP) is 5.03. The lowest BCUT2D eigenvalue weighted by Gasteiger charge is -2.31. The molecule has 0 heterocycles. The molecule has 1 atom stereocenters. The Morgan fingerprint density at radius 1 is 0.844 bits per heavy atom. The van der Waals surface area contributed by atoms with Crippen LogP contribution in [-0.4, -0.2) is 64.1 Å². The first-order chi connectivity index (χ1) is 15.0. The Morgan fingerprint density at radius 3 is 1.62 bits per heavy atom. The summed E-state index contributed by atoms with van der Waals surface area (Å²) in [5, 5.41) is 12.4. The normalized spacial score (nSPS) is 13.5. The van der Waals surface area contributed by atoms with Gasteiger partial charge in [-0.1, -0.05) is 77.0 Å². The van der Waals surface area contributed by atoms with E-state index in [2.05, 4.69) is 9.50 Å². The number of carboxylic acids is 1. The molecule has 0 spiro atoms. The Bertz CT molecular complexity index is 600. The van der Waals surface area contributed by atoms with E-state index in [0.717, 1.165) is 38.5 Å². The van der Waals surface area contributed by atoms with Gasteiger partial charge in [-0.3, -0.25) is 5.32 Å². The van der Waals surface area contributed by atoms with Gasteiger partial charge in [-0.15, -0.1) is 0 Å². The average Bonchev–Trinajstić information content (AvgIpc) is 2.67. The highest BCUT2D eigenvalue weighted by Crippen LogP contribution is 2.13. The topological polar surface area (TPSA) is 92.7 Å². The third-order valence-electron chi connectivity index (χ3n) is 5.47. The number of rotatable bonds is 22. The largest absolute Gasteiger partial charge is 0.476 e. The fourth-order valence-electron chi connectivity index (χ4n) is 3.65. The maximum Gasteiger partial charge on any atom is 0.379 e. The van der Waals surface area contributed by atoms with E-state index in [4.69, 9.17) is 0 Å². The van der Waals surface area contributed by atoms with Crippen molar-refractivity contribution in [3.05, 3.63) is 12.3 Å². The van der Waals surface area contributed by atoms with Crippen LogP contribution in [0.25, 0.3) is 0 Å². The van der Waals surface area contributed by atoms with Crippen LogP contribution in [0, 0.1) is 0 Å². The van der Waals surface area contributed by atoms with Gasteiger partial charge in [-0.2, -0.15) is 8.42 Å². The van der Waals surface area contributed by atoms with Crippen LogP contribution in [0.15, 0.2) is 12.3 Å². The summed E-state index contributed by atoms with van der Waals surface area (Å²) in [6.45, 7) is 0.765. The fraction of sp³-hybridized carbons (Fsp3) is 0.875. The molecule has 0 aliphatic rings. The molecule has 0 aromatic carbocycles. The SMILES string of the molecule is C[N+](C)(C)C(NCCCCCCCCCCCCCCCCC=COS(C)(=O)=O)C(=O)O. The second kappa shape index (κ2) is 18.3. The van der Waals surface area contributed by atoms with Crippen molar-refractivity contribution in [2.24, 2.45) is 0 Å². The van der Waals surface area contributed by atoms with Gasteiger partial charge in [0, 0.05) is 6.54 Å². The Morgan fingerprint density at radius 2 is 1.25 bits per heavy atom. The van der Waals surface area contributed by atoms with Gasteiger partial charge in [0.15, 0.2) is 0 Å². The molecule has 0 aliphatic carbocycles. The molecule has 0 aromatic rings. The summed E-state index contributed by atoms with van der Waals surface area (Å²) in [6, 6.07) is 0. The van der Waals surface area contributed by atoms with Gasteiger partial charge in [-0.25, -0.2) is 4.79 Å². The zero-order valence-electron chi connectivity index (χ0n) is 21.0. The lowest BCUT2D eigenvalue weighted by Crippen LogP contribution is -2.58. The fourth-order valence-corrected chi connectivity index (χ4v) is 3.93. The minimum absolute atomic E-state index is 0.387. The lowest BCUT2D eigenvalue weighted by atomic mass is 10.0. The molecule has 0 saturated heterocycles. The third kappa shape index (κ3) is 20.8. The maximum atomic E-state index is 11.3. The summed E-state index contributed by atoms with van der Waals surface area (Å²) in [4.78, 5) is 11.3. The maximum absolute atomic E-state index is 11.3. The van der Waals surface area contributed by atoms with Gasteiger partial charge < -0.3 is 13.8 Å². The summed E-state index contributed by atoms with van der Waals surface area (Å²) in [5.74, 6) is -0.788. The van der Waals surface area contributed by atoms with E-state index in [1.54, 1.807) is 6.08 Å². The molecule has 190 valence electrons. The number of hydrogen-bond donors (Lipinski definition) is 2. The first-order valence-electron chi connectivity index (χ1n) is 12.3. The number of carboxylic acid groups (broad SMARTS) is 1. The highest BCUT2D eigenvalue weighted by molar-refractivity contribution is 7.86. The molecular formula is C24H49N2O5S+. The highest BCUT2D eigenvalue weighted by Gasteiger charge is 2.30. The Balaban J connectivity index is 3.32. The Labute approximate surface area is 197 Å². The van der Waals surface area contributed by atoms with Crippen molar-refractivity contribution in [3.8, 4) is 0 Å². The minimum Gasteiger partial charge on any atom is -0.476 e. The number of unbranched alkanes of at least 4 members (excludes halogenated alkanes) is 14. The van der Waals surface area contributed by atoms with Gasteiger partial charge in [0.05, 0.1) is 27.4 Å². The molecule has 2 N–H and O–H groups in total. The number of aliphatic carboxylic acids is 1. The lowest BCUT2D eigenvalue weighted by molar-refractivity contribution is -0.890. The van der Waals surface area contributed by atoms with Crippen LogP contribution in [0.3, 0.4) is 0 Å². The third-order valence-corrected chi connectivity index (χ3v) is 5.93. The van der Waals surface area contributed by atoms with Gasteiger partial charge >= 0.3 is 16.1 Å². The number of carbonyl (C=O) groups is 1. The second-order valence-electron chi connectivity index (χ2n) is 9.72. The van der Waals surface area contributed by atoms with E-state index >= 15 is 0 Å². The molecule has 32 heavy (non-hydrogen) atoms. The zero-order valence-corrected chi connectivity index (χ0v) is 21.8. The molecule has 1 unspecified atom stereocenters. The molecule has 0 aromatic heterocycles. The van der Waals surface area contributed by atoms with Crippen LogP contribution in [0.5, 0.6) is 0 Å². The van der Waals surface area contributed by atoms with E-state index < -0.39 is 22.3 Å². The predicted molar refractivity (Wildman–Crippen MR) is 132 cm³/mol. The summed E-state index contributed by atoms with van der Waals surface area (Å²) >= 11 is 0. The van der Waals surface area contributed by atoms with Crippen molar-refractivity contribution in [1.82, 2.24) is 5.32 Å². The average molecular weight is 478 g/mol. The molecule has 0 amide bonds. The van der Waals surface area contributed by atoms with Gasteiger partial charge in [0.25, 0.3) is 0 Å². The van der Waals surface area contributed by atoms with Crippen molar-refractivity contribution in [2.45, 2.75) is 102 Å². The summed E-state index contributed by atoms with van der Waals surface area (Å²) in [5.41, 5.74) is 0. The number of nitrogens with zero attached hydrogens (tertiary/aromatic N) is 1. The van der Waals surface area contributed by atoms with Gasteiger partial charge in [-0.05, 0) is 25.3 Å². The minimum atomic E-state index is -3.36. The van der Waals surface area contributed by atoms with Crippen LogP contribution in [-0.2, 0) is 19.1 Å². The Hall–Kier alpha value is -1.12. The number of quaternary nitrogens is 1. The van der Waals surface area contributed by atoms with Crippen LogP contribution in [0.4, 0.5) is 0 Å². The first kappa shape index (κ1) is 30.9. The van der Waals surface area contributed by atoms with Crippen molar-refractivity contribution >= 4 is 16.1 Å². The van der Waals surface area contributed by atoms with Gasteiger partial charge in [0.1, 0.15) is 6.26 Å². The smallest absolute Gasteiger partial charge is 0.379 e. The number of hydrogen-bond acceptors (Lipinski definition) is 5. The van der Waals surface area contributed by atoms with Crippen LogP contribution in [0.1, 0.15) is 96.3 Å².